The highest BCUT2D eigenvalue weighted by Crippen LogP contribution is 2.36. The molecule has 5 nitrogen and oxygen atoms in total. The maximum Gasteiger partial charge on any atom is 0.338 e. The molecule has 3 atom stereocenters. The number of esters is 1. The van der Waals surface area contributed by atoms with Crippen LogP contribution in [0.15, 0.2) is 18.2 Å². The van der Waals surface area contributed by atoms with E-state index in [1.807, 2.05) is 0 Å². The molecule has 0 aromatic heterocycles. The number of quaternary nitrogens is 1. The van der Waals surface area contributed by atoms with Crippen LogP contribution in [-0.4, -0.2) is 50.0 Å². The summed E-state index contributed by atoms with van der Waals surface area (Å²) in [5.74, 6) is 1.54. The Labute approximate surface area is 143 Å². The number of nitrogens with zero attached hydrogens (tertiary/aromatic N) is 1. The highest BCUT2D eigenvalue weighted by atomic mass is 16.7. The predicted molar refractivity (Wildman–Crippen MR) is 89.1 cm³/mol. The van der Waals surface area contributed by atoms with E-state index in [4.69, 9.17) is 14.2 Å². The first-order chi connectivity index (χ1) is 11.7. The van der Waals surface area contributed by atoms with E-state index < -0.39 is 0 Å². The molecule has 2 fully saturated rings. The van der Waals surface area contributed by atoms with Crippen molar-refractivity contribution >= 4 is 5.97 Å². The number of carbonyl (C=O) groups is 1. The third-order valence-corrected chi connectivity index (χ3v) is 6.04. The second-order valence-electron chi connectivity index (χ2n) is 7.56. The Balaban J connectivity index is 1.40. The van der Waals surface area contributed by atoms with Crippen LogP contribution in [0.25, 0.3) is 0 Å². The van der Waals surface area contributed by atoms with Crippen LogP contribution in [0.3, 0.4) is 0 Å². The predicted octanol–water partition coefficient (Wildman–Crippen LogP) is 2.98. The van der Waals surface area contributed by atoms with Gasteiger partial charge in [-0.3, -0.25) is 0 Å². The fourth-order valence-corrected chi connectivity index (χ4v) is 4.72. The summed E-state index contributed by atoms with van der Waals surface area (Å²) in [6.07, 6.45) is 6.32. The highest BCUT2D eigenvalue weighted by Gasteiger charge is 2.43. The Morgan fingerprint density at radius 1 is 1.17 bits per heavy atom. The number of benzene rings is 1. The lowest BCUT2D eigenvalue weighted by atomic mass is 9.82. The lowest BCUT2D eigenvalue weighted by molar-refractivity contribution is -0.947. The summed E-state index contributed by atoms with van der Waals surface area (Å²) >= 11 is 0. The summed E-state index contributed by atoms with van der Waals surface area (Å²) in [5, 5.41) is 0. The van der Waals surface area contributed by atoms with Crippen molar-refractivity contribution in [1.29, 1.82) is 0 Å². The van der Waals surface area contributed by atoms with Gasteiger partial charge in [-0.05, 0) is 43.9 Å². The standard InChI is InChI=1S/C19H26NO4/c1-20-9-3-2-6-16(20)15(5-4-10-20)12-22-19(21)14-7-8-17-18(11-14)24-13-23-17/h7-8,11,15-16H,2-6,9-10,12-13H2,1H3/q+1/t15-,16-,20-/m1/s1. The number of hydrogen-bond donors (Lipinski definition) is 0. The Morgan fingerprint density at radius 2 is 2.00 bits per heavy atom. The molecule has 2 saturated heterocycles. The quantitative estimate of drug-likeness (QED) is 0.630. The number of carbonyl (C=O) groups excluding carboxylic acids is 1. The normalized spacial score (nSPS) is 31.4. The zero-order chi connectivity index (χ0) is 16.6. The van der Waals surface area contributed by atoms with Gasteiger partial charge in [0.2, 0.25) is 6.79 Å². The van der Waals surface area contributed by atoms with Crippen LogP contribution < -0.4 is 9.47 Å². The topological polar surface area (TPSA) is 44.8 Å². The minimum absolute atomic E-state index is 0.216. The van der Waals surface area contributed by atoms with Crippen LogP contribution in [0.5, 0.6) is 11.5 Å². The molecular formula is C19H26NO4+. The molecule has 1 aromatic carbocycles. The first kappa shape index (κ1) is 15.8. The van der Waals surface area contributed by atoms with Crippen molar-refractivity contribution in [3.8, 4) is 11.5 Å². The molecule has 0 bridgehead atoms. The van der Waals surface area contributed by atoms with E-state index in [1.54, 1.807) is 18.2 Å². The maximum atomic E-state index is 12.4. The Bertz CT molecular complexity index is 628. The average molecular weight is 332 g/mol. The molecule has 0 radical (unpaired) electrons. The van der Waals surface area contributed by atoms with E-state index in [0.29, 0.717) is 35.6 Å². The molecule has 4 rings (SSSR count). The fraction of sp³-hybridized carbons (Fsp3) is 0.632. The summed E-state index contributed by atoms with van der Waals surface area (Å²) < 4.78 is 17.5. The second-order valence-corrected chi connectivity index (χ2v) is 7.56. The smallest absolute Gasteiger partial charge is 0.338 e. The molecule has 0 unspecified atom stereocenters. The molecule has 3 aliphatic heterocycles. The molecular weight excluding hydrogens is 306 g/mol. The van der Waals surface area contributed by atoms with E-state index in [0.717, 1.165) is 0 Å². The molecule has 0 N–H and O–H groups in total. The van der Waals surface area contributed by atoms with Gasteiger partial charge in [0.15, 0.2) is 11.5 Å². The Hall–Kier alpha value is -1.75. The number of fused-ring (bicyclic) bond motifs is 2. The highest BCUT2D eigenvalue weighted by molar-refractivity contribution is 5.90. The van der Waals surface area contributed by atoms with Crippen LogP contribution in [0, 0.1) is 5.92 Å². The minimum atomic E-state index is -0.260. The van der Waals surface area contributed by atoms with Gasteiger partial charge in [-0.1, -0.05) is 0 Å². The van der Waals surface area contributed by atoms with E-state index >= 15 is 0 Å². The third kappa shape index (κ3) is 2.86. The van der Waals surface area contributed by atoms with E-state index in [1.165, 1.54) is 49.7 Å². The molecule has 3 heterocycles. The van der Waals surface area contributed by atoms with Gasteiger partial charge in [0.1, 0.15) is 6.61 Å². The first-order valence-electron chi connectivity index (χ1n) is 9.07. The number of rotatable bonds is 3. The molecule has 130 valence electrons. The van der Waals surface area contributed by atoms with Crippen LogP contribution in [0.4, 0.5) is 0 Å². The third-order valence-electron chi connectivity index (χ3n) is 6.04. The maximum absolute atomic E-state index is 12.4. The van der Waals surface area contributed by atoms with Gasteiger partial charge in [0.25, 0.3) is 0 Å². The van der Waals surface area contributed by atoms with Gasteiger partial charge in [0.05, 0.1) is 31.7 Å². The SMILES string of the molecule is C[N@+]12CCCC[C@@H]1[C@@H](COC(=O)c1ccc3c(c1)OCO3)CCC2. The van der Waals surface area contributed by atoms with E-state index in [-0.39, 0.29) is 12.8 Å². The van der Waals surface area contributed by atoms with Crippen LogP contribution in [-0.2, 0) is 4.74 Å². The Kier molecular flexibility index (Phi) is 4.12. The van der Waals surface area contributed by atoms with Crippen molar-refractivity contribution in [3.05, 3.63) is 23.8 Å². The van der Waals surface area contributed by atoms with Crippen molar-refractivity contribution in [1.82, 2.24) is 0 Å². The zero-order valence-corrected chi connectivity index (χ0v) is 14.3. The van der Waals surface area contributed by atoms with Crippen LogP contribution in [0.2, 0.25) is 0 Å². The molecule has 0 spiro atoms. The van der Waals surface area contributed by atoms with Crippen molar-refractivity contribution in [2.45, 2.75) is 38.1 Å². The van der Waals surface area contributed by atoms with Crippen LogP contribution in [0.1, 0.15) is 42.5 Å². The Morgan fingerprint density at radius 3 is 2.92 bits per heavy atom. The van der Waals surface area contributed by atoms with Gasteiger partial charge >= 0.3 is 5.97 Å². The van der Waals surface area contributed by atoms with Crippen molar-refractivity contribution < 1.29 is 23.5 Å². The van der Waals surface area contributed by atoms with Gasteiger partial charge in [0, 0.05) is 12.3 Å². The van der Waals surface area contributed by atoms with E-state index in [9.17, 15) is 4.79 Å². The summed E-state index contributed by atoms with van der Waals surface area (Å²) in [6.45, 7) is 3.30. The molecule has 1 aromatic rings. The molecule has 0 aliphatic carbocycles. The van der Waals surface area contributed by atoms with Crippen molar-refractivity contribution in [2.24, 2.45) is 5.92 Å². The fourth-order valence-electron chi connectivity index (χ4n) is 4.72. The average Bonchev–Trinajstić information content (AvgIpc) is 3.06. The summed E-state index contributed by atoms with van der Waals surface area (Å²) in [6, 6.07) is 5.88. The minimum Gasteiger partial charge on any atom is -0.462 e. The van der Waals surface area contributed by atoms with Gasteiger partial charge < -0.3 is 18.7 Å². The molecule has 0 saturated carbocycles. The largest absolute Gasteiger partial charge is 0.462 e. The van der Waals surface area contributed by atoms with E-state index in [2.05, 4.69) is 7.05 Å². The molecule has 3 aliphatic rings. The summed E-state index contributed by atoms with van der Waals surface area (Å²) in [4.78, 5) is 12.4. The lowest BCUT2D eigenvalue weighted by Crippen LogP contribution is -2.61. The summed E-state index contributed by atoms with van der Waals surface area (Å²) in [7, 11) is 2.38. The molecule has 5 heteroatoms. The zero-order valence-electron chi connectivity index (χ0n) is 14.3. The van der Waals surface area contributed by atoms with Gasteiger partial charge in [-0.2, -0.15) is 0 Å². The van der Waals surface area contributed by atoms with Gasteiger partial charge in [-0.25, -0.2) is 4.79 Å². The number of hydrogen-bond acceptors (Lipinski definition) is 4. The summed E-state index contributed by atoms with van der Waals surface area (Å²) in [5.41, 5.74) is 0.538. The van der Waals surface area contributed by atoms with Gasteiger partial charge in [-0.15, -0.1) is 0 Å². The van der Waals surface area contributed by atoms with Crippen molar-refractivity contribution in [3.63, 3.8) is 0 Å². The second kappa shape index (κ2) is 6.28. The molecule has 0 amide bonds. The monoisotopic (exact) mass is 332 g/mol. The van der Waals surface area contributed by atoms with Crippen LogP contribution >= 0.6 is 0 Å². The number of ether oxygens (including phenoxy) is 3. The lowest BCUT2D eigenvalue weighted by Gasteiger charge is -2.51. The number of piperidine rings is 2. The first-order valence-corrected chi connectivity index (χ1v) is 9.07. The van der Waals surface area contributed by atoms with Crippen molar-refractivity contribution in [2.75, 3.05) is 33.5 Å². The molecule has 24 heavy (non-hydrogen) atoms.